The molecule has 0 unspecified atom stereocenters. The molecule has 4 heteroatoms. The summed E-state index contributed by atoms with van der Waals surface area (Å²) in [5.41, 5.74) is 1.92. The molecule has 1 amide bonds. The first-order valence-electron chi connectivity index (χ1n) is 5.82. The van der Waals surface area contributed by atoms with Gasteiger partial charge in [-0.15, -0.1) is 0 Å². The van der Waals surface area contributed by atoms with Crippen molar-refractivity contribution >= 4 is 11.6 Å². The molecule has 0 spiro atoms. The molecule has 17 heavy (non-hydrogen) atoms. The Morgan fingerprint density at radius 1 is 1.41 bits per heavy atom. The van der Waals surface area contributed by atoms with Crippen molar-refractivity contribution in [2.24, 2.45) is 0 Å². The molecule has 0 saturated heterocycles. The molecule has 1 aromatic rings. The molecule has 0 radical (unpaired) electrons. The van der Waals surface area contributed by atoms with E-state index < -0.39 is 0 Å². The summed E-state index contributed by atoms with van der Waals surface area (Å²) in [6.07, 6.45) is 1.35. The lowest BCUT2D eigenvalue weighted by Gasteiger charge is -2.10. The Morgan fingerprint density at radius 3 is 2.76 bits per heavy atom. The van der Waals surface area contributed by atoms with Crippen LogP contribution >= 0.6 is 0 Å². The molecular formula is C13H20N2O2. The second-order valence-electron chi connectivity index (χ2n) is 3.78. The highest BCUT2D eigenvalue weighted by atomic mass is 16.5. The Hall–Kier alpha value is -1.55. The number of nitrogens with one attached hydrogen (secondary N) is 2. The molecule has 0 aliphatic heterocycles. The van der Waals surface area contributed by atoms with E-state index in [2.05, 4.69) is 17.6 Å². The maximum absolute atomic E-state index is 11.5. The van der Waals surface area contributed by atoms with Crippen molar-refractivity contribution in [1.29, 1.82) is 0 Å². The average Bonchev–Trinajstić information content (AvgIpc) is 2.36. The van der Waals surface area contributed by atoms with Crippen LogP contribution in [0.4, 0.5) is 5.69 Å². The Bertz CT molecular complexity index is 378. The Labute approximate surface area is 102 Å². The van der Waals surface area contributed by atoms with Crippen LogP contribution in [0.5, 0.6) is 5.75 Å². The highest BCUT2D eigenvalue weighted by Gasteiger charge is 2.05. The zero-order chi connectivity index (χ0) is 12.7. The molecule has 0 heterocycles. The summed E-state index contributed by atoms with van der Waals surface area (Å²) in [5, 5.41) is 5.81. The van der Waals surface area contributed by atoms with Crippen LogP contribution in [0.1, 0.15) is 18.9 Å². The van der Waals surface area contributed by atoms with E-state index in [1.54, 1.807) is 7.11 Å². The molecular weight excluding hydrogens is 216 g/mol. The minimum atomic E-state index is 0.0200. The number of aryl methyl sites for hydroxylation is 1. The fourth-order valence-corrected chi connectivity index (χ4v) is 1.59. The molecule has 0 fully saturated rings. The standard InChI is InChI=1S/C13H20N2O2/c1-4-10-9-11(5-6-12(10)17-3)15-13(16)7-8-14-2/h5-6,9,14H,4,7-8H2,1-3H3,(H,15,16). The zero-order valence-electron chi connectivity index (χ0n) is 10.7. The van der Waals surface area contributed by atoms with E-state index in [0.29, 0.717) is 13.0 Å². The van der Waals surface area contributed by atoms with Gasteiger partial charge in [-0.2, -0.15) is 0 Å². The van der Waals surface area contributed by atoms with Crippen molar-refractivity contribution in [3.63, 3.8) is 0 Å². The summed E-state index contributed by atoms with van der Waals surface area (Å²) >= 11 is 0. The van der Waals surface area contributed by atoms with Gasteiger partial charge in [0.2, 0.25) is 5.91 Å². The first kappa shape index (κ1) is 13.5. The van der Waals surface area contributed by atoms with Crippen LogP contribution in [0.2, 0.25) is 0 Å². The van der Waals surface area contributed by atoms with Crippen molar-refractivity contribution < 1.29 is 9.53 Å². The average molecular weight is 236 g/mol. The van der Waals surface area contributed by atoms with Gasteiger partial charge < -0.3 is 15.4 Å². The predicted molar refractivity (Wildman–Crippen MR) is 69.5 cm³/mol. The van der Waals surface area contributed by atoms with Crippen LogP contribution in [0, 0.1) is 0 Å². The van der Waals surface area contributed by atoms with Crippen LogP contribution in [0.15, 0.2) is 18.2 Å². The lowest BCUT2D eigenvalue weighted by molar-refractivity contribution is -0.116. The maximum atomic E-state index is 11.5. The first-order valence-corrected chi connectivity index (χ1v) is 5.82. The molecule has 1 aromatic carbocycles. The minimum Gasteiger partial charge on any atom is -0.496 e. The third-order valence-corrected chi connectivity index (χ3v) is 2.55. The lowest BCUT2D eigenvalue weighted by atomic mass is 10.1. The lowest BCUT2D eigenvalue weighted by Crippen LogP contribution is -2.18. The monoisotopic (exact) mass is 236 g/mol. The number of ether oxygens (including phenoxy) is 1. The van der Waals surface area contributed by atoms with E-state index in [0.717, 1.165) is 23.4 Å². The molecule has 0 saturated carbocycles. The summed E-state index contributed by atoms with van der Waals surface area (Å²) in [6.45, 7) is 2.74. The molecule has 0 atom stereocenters. The minimum absolute atomic E-state index is 0.0200. The predicted octanol–water partition coefficient (Wildman–Crippen LogP) is 1.81. The number of rotatable bonds is 6. The molecule has 0 aliphatic rings. The van der Waals surface area contributed by atoms with Crippen molar-refractivity contribution in [1.82, 2.24) is 5.32 Å². The Morgan fingerprint density at radius 2 is 2.18 bits per heavy atom. The fraction of sp³-hybridized carbons (Fsp3) is 0.462. The van der Waals surface area contributed by atoms with Gasteiger partial charge in [0.1, 0.15) is 5.75 Å². The van der Waals surface area contributed by atoms with E-state index in [4.69, 9.17) is 4.74 Å². The van der Waals surface area contributed by atoms with Gasteiger partial charge in [0.25, 0.3) is 0 Å². The summed E-state index contributed by atoms with van der Waals surface area (Å²) in [5.74, 6) is 0.882. The number of anilines is 1. The SMILES string of the molecule is CCc1cc(NC(=O)CCNC)ccc1OC. The van der Waals surface area contributed by atoms with Crippen molar-refractivity contribution in [2.45, 2.75) is 19.8 Å². The topological polar surface area (TPSA) is 50.4 Å². The van der Waals surface area contributed by atoms with E-state index in [1.807, 2.05) is 25.2 Å². The quantitative estimate of drug-likeness (QED) is 0.792. The van der Waals surface area contributed by atoms with Crippen molar-refractivity contribution in [2.75, 3.05) is 26.0 Å². The van der Waals surface area contributed by atoms with E-state index >= 15 is 0 Å². The van der Waals surface area contributed by atoms with Gasteiger partial charge in [-0.25, -0.2) is 0 Å². The fourth-order valence-electron chi connectivity index (χ4n) is 1.59. The number of benzene rings is 1. The third kappa shape index (κ3) is 4.07. The van der Waals surface area contributed by atoms with Gasteiger partial charge >= 0.3 is 0 Å². The molecule has 0 aromatic heterocycles. The van der Waals surface area contributed by atoms with Gasteiger partial charge in [-0.3, -0.25) is 4.79 Å². The molecule has 2 N–H and O–H groups in total. The number of methoxy groups -OCH3 is 1. The summed E-state index contributed by atoms with van der Waals surface area (Å²) in [6, 6.07) is 5.69. The first-order chi connectivity index (χ1) is 8.21. The number of carbonyl (C=O) groups excluding carboxylic acids is 1. The smallest absolute Gasteiger partial charge is 0.225 e. The number of carbonyl (C=O) groups is 1. The summed E-state index contributed by atoms with van der Waals surface area (Å²) in [7, 11) is 3.48. The van der Waals surface area contributed by atoms with Crippen molar-refractivity contribution in [3.8, 4) is 5.75 Å². The van der Waals surface area contributed by atoms with Crippen LogP contribution < -0.4 is 15.4 Å². The van der Waals surface area contributed by atoms with Gasteiger partial charge in [-0.05, 0) is 37.2 Å². The van der Waals surface area contributed by atoms with E-state index in [9.17, 15) is 4.79 Å². The van der Waals surface area contributed by atoms with Crippen LogP contribution in [-0.2, 0) is 11.2 Å². The van der Waals surface area contributed by atoms with E-state index in [-0.39, 0.29) is 5.91 Å². The number of hydrogen-bond acceptors (Lipinski definition) is 3. The highest BCUT2D eigenvalue weighted by molar-refractivity contribution is 5.91. The van der Waals surface area contributed by atoms with Crippen molar-refractivity contribution in [3.05, 3.63) is 23.8 Å². The largest absolute Gasteiger partial charge is 0.496 e. The zero-order valence-corrected chi connectivity index (χ0v) is 10.7. The molecule has 4 nitrogen and oxygen atoms in total. The van der Waals surface area contributed by atoms with Crippen LogP contribution in [-0.4, -0.2) is 26.6 Å². The third-order valence-electron chi connectivity index (χ3n) is 2.55. The maximum Gasteiger partial charge on any atom is 0.225 e. The summed E-state index contributed by atoms with van der Waals surface area (Å²) < 4.78 is 5.24. The van der Waals surface area contributed by atoms with Crippen LogP contribution in [0.3, 0.4) is 0 Å². The summed E-state index contributed by atoms with van der Waals surface area (Å²) in [4.78, 5) is 11.5. The van der Waals surface area contributed by atoms with Gasteiger partial charge in [0, 0.05) is 18.7 Å². The van der Waals surface area contributed by atoms with Gasteiger partial charge in [-0.1, -0.05) is 6.92 Å². The second-order valence-corrected chi connectivity index (χ2v) is 3.78. The Balaban J connectivity index is 2.68. The molecule has 1 rings (SSSR count). The highest BCUT2D eigenvalue weighted by Crippen LogP contribution is 2.22. The molecule has 0 bridgehead atoms. The van der Waals surface area contributed by atoms with E-state index in [1.165, 1.54) is 0 Å². The van der Waals surface area contributed by atoms with Gasteiger partial charge in [0.15, 0.2) is 0 Å². The van der Waals surface area contributed by atoms with Gasteiger partial charge in [0.05, 0.1) is 7.11 Å². The van der Waals surface area contributed by atoms with Crippen LogP contribution in [0.25, 0.3) is 0 Å². The molecule has 0 aliphatic carbocycles. The number of amides is 1. The number of hydrogen-bond donors (Lipinski definition) is 2. The second kappa shape index (κ2) is 6.91. The Kier molecular flexibility index (Phi) is 5.49. The molecule has 94 valence electrons. The normalized spacial score (nSPS) is 10.1.